The molecule has 5 nitrogen and oxygen atoms in total. The molecular formula is C16H15NO4. The van der Waals surface area contributed by atoms with Crippen LogP contribution in [0, 0.1) is 13.8 Å². The van der Waals surface area contributed by atoms with E-state index in [0.29, 0.717) is 40.3 Å². The van der Waals surface area contributed by atoms with Gasteiger partial charge in [0, 0.05) is 12.1 Å². The smallest absolute Gasteiger partial charge is 0.419 e. The molecule has 2 heterocycles. The number of hydrogen-bond acceptors (Lipinski definition) is 4. The van der Waals surface area contributed by atoms with Crippen LogP contribution in [0.15, 0.2) is 37.9 Å². The molecular weight excluding hydrogens is 270 g/mol. The average molecular weight is 285 g/mol. The fraction of sp³-hybridized carbons (Fsp3) is 0.250. The van der Waals surface area contributed by atoms with Crippen molar-refractivity contribution in [3.63, 3.8) is 0 Å². The number of oxazole rings is 1. The number of nitrogens with zero attached hydrogens (tertiary/aromatic N) is 1. The highest BCUT2D eigenvalue weighted by atomic mass is 16.4. The van der Waals surface area contributed by atoms with Gasteiger partial charge in [-0.25, -0.2) is 4.79 Å². The summed E-state index contributed by atoms with van der Waals surface area (Å²) in [6, 6.07) is 6.76. The van der Waals surface area contributed by atoms with Gasteiger partial charge in [0.25, 0.3) is 0 Å². The van der Waals surface area contributed by atoms with Crippen molar-refractivity contribution in [1.82, 2.24) is 4.57 Å². The number of carbonyl (C=O) groups excluding carboxylic acids is 1. The minimum absolute atomic E-state index is 0.141. The Labute approximate surface area is 120 Å². The van der Waals surface area contributed by atoms with Gasteiger partial charge in [0.1, 0.15) is 11.5 Å². The molecule has 2 aromatic heterocycles. The highest BCUT2D eigenvalue weighted by molar-refractivity contribution is 6.10. The van der Waals surface area contributed by atoms with Crippen LogP contribution in [0.1, 0.15) is 34.4 Å². The van der Waals surface area contributed by atoms with Crippen LogP contribution in [-0.4, -0.2) is 10.4 Å². The number of fused-ring (bicyclic) bond motifs is 1. The Morgan fingerprint density at radius 1 is 1.19 bits per heavy atom. The van der Waals surface area contributed by atoms with Gasteiger partial charge in [-0.05, 0) is 45.0 Å². The minimum atomic E-state index is -0.410. The average Bonchev–Trinajstić information content (AvgIpc) is 2.95. The summed E-state index contributed by atoms with van der Waals surface area (Å²) in [4.78, 5) is 24.2. The van der Waals surface area contributed by atoms with Crippen molar-refractivity contribution in [2.45, 2.75) is 27.3 Å². The number of carbonyl (C=O) groups is 1. The van der Waals surface area contributed by atoms with Crippen molar-refractivity contribution in [2.24, 2.45) is 0 Å². The van der Waals surface area contributed by atoms with Crippen LogP contribution in [0.2, 0.25) is 0 Å². The number of benzene rings is 1. The molecule has 108 valence electrons. The number of ketones is 1. The summed E-state index contributed by atoms with van der Waals surface area (Å²) >= 11 is 0. The summed E-state index contributed by atoms with van der Waals surface area (Å²) in [5.74, 6) is 0.733. The lowest BCUT2D eigenvalue weighted by atomic mass is 10.0. The van der Waals surface area contributed by atoms with Gasteiger partial charge in [0.05, 0.1) is 11.1 Å². The Balaban J connectivity index is 2.11. The zero-order valence-electron chi connectivity index (χ0n) is 12.1. The molecule has 21 heavy (non-hydrogen) atoms. The fourth-order valence-electron chi connectivity index (χ4n) is 2.52. The Hall–Kier alpha value is -2.56. The Kier molecular flexibility index (Phi) is 3.05. The monoisotopic (exact) mass is 285 g/mol. The second kappa shape index (κ2) is 4.77. The standard InChI is InChI=1S/C16H15NO4/c1-4-17-13-6-5-11(8-14(13)21-16(17)19)15(18)12-7-9(2)20-10(12)3/h5-8H,4H2,1-3H3. The molecule has 5 heteroatoms. The summed E-state index contributed by atoms with van der Waals surface area (Å²) in [5, 5.41) is 0. The van der Waals surface area contributed by atoms with E-state index in [1.807, 2.05) is 6.92 Å². The summed E-state index contributed by atoms with van der Waals surface area (Å²) < 4.78 is 12.1. The van der Waals surface area contributed by atoms with Crippen molar-refractivity contribution in [3.8, 4) is 0 Å². The molecule has 0 saturated carbocycles. The van der Waals surface area contributed by atoms with Crippen LogP contribution < -0.4 is 5.76 Å². The van der Waals surface area contributed by atoms with E-state index in [9.17, 15) is 9.59 Å². The lowest BCUT2D eigenvalue weighted by molar-refractivity contribution is 0.103. The Morgan fingerprint density at radius 2 is 1.95 bits per heavy atom. The van der Waals surface area contributed by atoms with Crippen LogP contribution in [-0.2, 0) is 6.54 Å². The number of rotatable bonds is 3. The zero-order chi connectivity index (χ0) is 15.1. The summed E-state index contributed by atoms with van der Waals surface area (Å²) in [6.45, 7) is 5.95. The quantitative estimate of drug-likeness (QED) is 0.694. The third kappa shape index (κ3) is 2.11. The van der Waals surface area contributed by atoms with E-state index in [1.54, 1.807) is 38.1 Å². The predicted molar refractivity (Wildman–Crippen MR) is 77.8 cm³/mol. The summed E-state index contributed by atoms with van der Waals surface area (Å²) in [5.41, 5.74) is 2.12. The van der Waals surface area contributed by atoms with Crippen LogP contribution >= 0.6 is 0 Å². The maximum absolute atomic E-state index is 12.5. The predicted octanol–water partition coefficient (Wildman–Crippen LogP) is 3.06. The highest BCUT2D eigenvalue weighted by Crippen LogP contribution is 2.21. The van der Waals surface area contributed by atoms with Gasteiger partial charge in [0.15, 0.2) is 11.4 Å². The van der Waals surface area contributed by atoms with Crippen molar-refractivity contribution >= 4 is 16.9 Å². The second-order valence-electron chi connectivity index (χ2n) is 4.95. The molecule has 0 bridgehead atoms. The van der Waals surface area contributed by atoms with Crippen LogP contribution in [0.5, 0.6) is 0 Å². The largest absolute Gasteiger partial charge is 0.466 e. The Morgan fingerprint density at radius 3 is 2.57 bits per heavy atom. The van der Waals surface area contributed by atoms with E-state index in [1.165, 1.54) is 4.57 Å². The number of hydrogen-bond donors (Lipinski definition) is 0. The van der Waals surface area contributed by atoms with Crippen LogP contribution in [0.25, 0.3) is 11.1 Å². The maximum Gasteiger partial charge on any atom is 0.419 e. The molecule has 0 aliphatic rings. The first-order chi connectivity index (χ1) is 10.0. The Bertz CT molecular complexity index is 895. The van der Waals surface area contributed by atoms with Gasteiger partial charge in [-0.1, -0.05) is 0 Å². The zero-order valence-corrected chi connectivity index (χ0v) is 12.1. The van der Waals surface area contributed by atoms with E-state index in [0.717, 1.165) is 0 Å². The molecule has 3 aromatic rings. The van der Waals surface area contributed by atoms with Crippen LogP contribution in [0.4, 0.5) is 0 Å². The molecule has 0 N–H and O–H groups in total. The van der Waals surface area contributed by atoms with Gasteiger partial charge >= 0.3 is 5.76 Å². The van der Waals surface area contributed by atoms with Crippen molar-refractivity contribution in [3.05, 3.63) is 57.5 Å². The van der Waals surface area contributed by atoms with Crippen molar-refractivity contribution < 1.29 is 13.6 Å². The molecule has 0 atom stereocenters. The van der Waals surface area contributed by atoms with Crippen LogP contribution in [0.3, 0.4) is 0 Å². The molecule has 0 aliphatic carbocycles. The summed E-state index contributed by atoms with van der Waals surface area (Å²) in [6.07, 6.45) is 0. The molecule has 1 aromatic carbocycles. The highest BCUT2D eigenvalue weighted by Gasteiger charge is 2.17. The van der Waals surface area contributed by atoms with E-state index in [-0.39, 0.29) is 5.78 Å². The third-order valence-electron chi connectivity index (χ3n) is 3.53. The van der Waals surface area contributed by atoms with E-state index < -0.39 is 5.76 Å². The molecule has 0 spiro atoms. The molecule has 0 unspecified atom stereocenters. The lowest BCUT2D eigenvalue weighted by Gasteiger charge is -2.00. The van der Waals surface area contributed by atoms with Gasteiger partial charge in [-0.3, -0.25) is 9.36 Å². The maximum atomic E-state index is 12.5. The number of furan rings is 1. The molecule has 3 rings (SSSR count). The first-order valence-corrected chi connectivity index (χ1v) is 6.76. The topological polar surface area (TPSA) is 65.3 Å². The first-order valence-electron chi connectivity index (χ1n) is 6.76. The van der Waals surface area contributed by atoms with Gasteiger partial charge in [-0.2, -0.15) is 0 Å². The third-order valence-corrected chi connectivity index (χ3v) is 3.53. The summed E-state index contributed by atoms with van der Waals surface area (Å²) in [7, 11) is 0. The fourth-order valence-corrected chi connectivity index (χ4v) is 2.52. The van der Waals surface area contributed by atoms with Crippen molar-refractivity contribution in [1.29, 1.82) is 0 Å². The molecule has 0 aliphatic heterocycles. The number of aryl methyl sites for hydroxylation is 3. The van der Waals surface area contributed by atoms with E-state index >= 15 is 0 Å². The van der Waals surface area contributed by atoms with Gasteiger partial charge < -0.3 is 8.83 Å². The lowest BCUT2D eigenvalue weighted by Crippen LogP contribution is -2.11. The van der Waals surface area contributed by atoms with Gasteiger partial charge in [0.2, 0.25) is 0 Å². The van der Waals surface area contributed by atoms with Crippen molar-refractivity contribution in [2.75, 3.05) is 0 Å². The number of aromatic nitrogens is 1. The molecule has 0 amide bonds. The minimum Gasteiger partial charge on any atom is -0.466 e. The molecule has 0 fully saturated rings. The normalized spacial score (nSPS) is 11.2. The second-order valence-corrected chi connectivity index (χ2v) is 4.95. The van der Waals surface area contributed by atoms with E-state index in [2.05, 4.69) is 0 Å². The van der Waals surface area contributed by atoms with E-state index in [4.69, 9.17) is 8.83 Å². The molecule has 0 radical (unpaired) electrons. The van der Waals surface area contributed by atoms with Gasteiger partial charge in [-0.15, -0.1) is 0 Å². The first kappa shape index (κ1) is 13.4. The SMILES string of the molecule is CCn1c(=O)oc2cc(C(=O)c3cc(C)oc3C)ccc21. The molecule has 0 saturated heterocycles.